The van der Waals surface area contributed by atoms with E-state index in [1.807, 2.05) is 0 Å². The van der Waals surface area contributed by atoms with Crippen molar-refractivity contribution in [2.24, 2.45) is 0 Å². The fraction of sp³-hybridized carbons (Fsp3) is 0.118. The van der Waals surface area contributed by atoms with Gasteiger partial charge in [0.25, 0.3) is 0 Å². The molecule has 2 aromatic rings. The third-order valence-corrected chi connectivity index (χ3v) is 3.08. The summed E-state index contributed by atoms with van der Waals surface area (Å²) in [5.41, 5.74) is 1.63. The average Bonchev–Trinajstić information content (AvgIpc) is 2.56. The van der Waals surface area contributed by atoms with Crippen molar-refractivity contribution in [2.75, 3.05) is 23.9 Å². The van der Waals surface area contributed by atoms with Crippen LogP contribution in [0.5, 0.6) is 0 Å². The highest BCUT2D eigenvalue weighted by atomic mass is 19.2. The van der Waals surface area contributed by atoms with E-state index in [1.165, 1.54) is 13.2 Å². The van der Waals surface area contributed by atoms with Gasteiger partial charge in [-0.05, 0) is 36.4 Å². The van der Waals surface area contributed by atoms with Crippen molar-refractivity contribution >= 4 is 23.2 Å². The van der Waals surface area contributed by atoms with Crippen molar-refractivity contribution in [1.82, 2.24) is 0 Å². The summed E-state index contributed by atoms with van der Waals surface area (Å²) in [5.74, 6) is 0.600. The highest BCUT2D eigenvalue weighted by molar-refractivity contribution is 5.84. The van der Waals surface area contributed by atoms with Crippen LogP contribution < -0.4 is 10.2 Å². The lowest BCUT2D eigenvalue weighted by molar-refractivity contribution is 0.187. The van der Waals surface area contributed by atoms with E-state index in [0.717, 1.165) is 12.1 Å². The molecule has 6 heteroatoms. The summed E-state index contributed by atoms with van der Waals surface area (Å²) >= 11 is 0. The second-order valence-corrected chi connectivity index (χ2v) is 4.55. The van der Waals surface area contributed by atoms with Crippen molar-refractivity contribution in [3.8, 4) is 12.3 Å². The summed E-state index contributed by atoms with van der Waals surface area (Å²) in [6.07, 6.45) is 4.77. The van der Waals surface area contributed by atoms with Crippen LogP contribution in [-0.4, -0.2) is 19.7 Å². The lowest BCUT2D eigenvalue weighted by atomic mass is 10.2. The monoisotopic (exact) mass is 316 g/mol. The minimum atomic E-state index is -0.950. The Morgan fingerprint density at radius 1 is 1.17 bits per heavy atom. The summed E-state index contributed by atoms with van der Waals surface area (Å²) < 4.78 is 31.0. The number of terminal acetylenes is 1. The molecule has 2 aromatic carbocycles. The van der Waals surface area contributed by atoms with Gasteiger partial charge in [0.1, 0.15) is 0 Å². The number of nitrogens with one attached hydrogen (secondary N) is 1. The summed E-state index contributed by atoms with van der Waals surface area (Å²) in [5, 5.41) is 2.52. The van der Waals surface area contributed by atoms with Gasteiger partial charge in [0.15, 0.2) is 11.6 Å². The quantitative estimate of drug-likeness (QED) is 0.870. The maximum Gasteiger partial charge on any atom is 0.411 e. The highest BCUT2D eigenvalue weighted by Crippen LogP contribution is 2.27. The molecule has 2 rings (SSSR count). The Labute approximate surface area is 132 Å². The van der Waals surface area contributed by atoms with Crippen LogP contribution >= 0.6 is 0 Å². The van der Waals surface area contributed by atoms with Gasteiger partial charge in [0.2, 0.25) is 0 Å². The molecular formula is C17H14F2N2O2. The van der Waals surface area contributed by atoms with Crippen LogP contribution in [0.15, 0.2) is 42.5 Å². The predicted molar refractivity (Wildman–Crippen MR) is 84.7 cm³/mol. The van der Waals surface area contributed by atoms with Gasteiger partial charge < -0.3 is 9.64 Å². The molecule has 4 nitrogen and oxygen atoms in total. The predicted octanol–water partition coefficient (Wildman–Crippen LogP) is 3.91. The van der Waals surface area contributed by atoms with E-state index in [0.29, 0.717) is 17.1 Å². The summed E-state index contributed by atoms with van der Waals surface area (Å²) in [4.78, 5) is 12.8. The van der Waals surface area contributed by atoms with Crippen LogP contribution in [-0.2, 0) is 4.74 Å². The molecule has 0 aliphatic heterocycles. The minimum absolute atomic E-state index is 0.175. The Balaban J connectivity index is 2.29. The van der Waals surface area contributed by atoms with E-state index in [1.54, 1.807) is 29.2 Å². The molecule has 0 aliphatic carbocycles. The first kappa shape index (κ1) is 16.3. The Bertz CT molecular complexity index is 739. The van der Waals surface area contributed by atoms with E-state index in [9.17, 15) is 13.6 Å². The van der Waals surface area contributed by atoms with Crippen molar-refractivity contribution < 1.29 is 18.3 Å². The van der Waals surface area contributed by atoms with Gasteiger partial charge in [0.05, 0.1) is 13.7 Å². The zero-order valence-corrected chi connectivity index (χ0v) is 12.3. The molecule has 1 N–H and O–H groups in total. The van der Waals surface area contributed by atoms with Crippen LogP contribution in [0.25, 0.3) is 0 Å². The van der Waals surface area contributed by atoms with Crippen LogP contribution in [0.2, 0.25) is 0 Å². The molecular weight excluding hydrogens is 302 g/mol. The molecule has 0 saturated heterocycles. The van der Waals surface area contributed by atoms with Gasteiger partial charge >= 0.3 is 6.09 Å². The maximum absolute atomic E-state index is 13.4. The molecule has 0 aromatic heterocycles. The number of methoxy groups -OCH3 is 1. The molecule has 0 bridgehead atoms. The molecule has 23 heavy (non-hydrogen) atoms. The normalized spacial score (nSPS) is 9.83. The van der Waals surface area contributed by atoms with Crippen LogP contribution in [0.1, 0.15) is 0 Å². The van der Waals surface area contributed by atoms with E-state index >= 15 is 0 Å². The third kappa shape index (κ3) is 3.98. The van der Waals surface area contributed by atoms with E-state index in [-0.39, 0.29) is 6.54 Å². The number of rotatable bonds is 4. The molecule has 0 heterocycles. The fourth-order valence-corrected chi connectivity index (χ4v) is 1.97. The molecule has 0 spiro atoms. The van der Waals surface area contributed by atoms with Gasteiger partial charge in [-0.3, -0.25) is 5.32 Å². The lowest BCUT2D eigenvalue weighted by Gasteiger charge is -2.23. The number of anilines is 3. The highest BCUT2D eigenvalue weighted by Gasteiger charge is 2.11. The second-order valence-electron chi connectivity index (χ2n) is 4.55. The Morgan fingerprint density at radius 3 is 2.39 bits per heavy atom. The lowest BCUT2D eigenvalue weighted by Crippen LogP contribution is -2.17. The fourth-order valence-electron chi connectivity index (χ4n) is 1.97. The second kappa shape index (κ2) is 7.27. The SMILES string of the molecule is C#CCN(c1ccc(NC(=O)OC)cc1)c1ccc(F)c(F)c1. The number of nitrogens with zero attached hydrogens (tertiary/aromatic N) is 1. The number of amides is 1. The molecule has 0 saturated carbocycles. The van der Waals surface area contributed by atoms with Crippen molar-refractivity contribution in [2.45, 2.75) is 0 Å². The topological polar surface area (TPSA) is 41.6 Å². The molecule has 0 fully saturated rings. The third-order valence-electron chi connectivity index (χ3n) is 3.08. The first-order chi connectivity index (χ1) is 11.0. The van der Waals surface area contributed by atoms with Crippen LogP contribution in [0.4, 0.5) is 30.6 Å². The van der Waals surface area contributed by atoms with Crippen LogP contribution in [0.3, 0.4) is 0 Å². The Hall–Kier alpha value is -3.07. The van der Waals surface area contributed by atoms with Crippen molar-refractivity contribution in [3.05, 3.63) is 54.1 Å². The first-order valence-electron chi connectivity index (χ1n) is 6.66. The number of ether oxygens (including phenoxy) is 1. The number of benzene rings is 2. The summed E-state index contributed by atoms with van der Waals surface area (Å²) in [7, 11) is 1.27. The number of hydrogen-bond donors (Lipinski definition) is 1. The van der Waals surface area contributed by atoms with Gasteiger partial charge in [0, 0.05) is 23.1 Å². The van der Waals surface area contributed by atoms with Gasteiger partial charge in [-0.1, -0.05) is 5.92 Å². The molecule has 0 atom stereocenters. The minimum Gasteiger partial charge on any atom is -0.453 e. The summed E-state index contributed by atoms with van der Waals surface area (Å²) in [6, 6.07) is 10.3. The molecule has 1 amide bonds. The molecule has 118 valence electrons. The van der Waals surface area contributed by atoms with E-state index < -0.39 is 17.7 Å². The van der Waals surface area contributed by atoms with Crippen LogP contribution in [0, 0.1) is 24.0 Å². The molecule has 0 aliphatic rings. The van der Waals surface area contributed by atoms with Crippen molar-refractivity contribution in [3.63, 3.8) is 0 Å². The zero-order valence-electron chi connectivity index (χ0n) is 12.3. The smallest absolute Gasteiger partial charge is 0.411 e. The number of halogens is 2. The average molecular weight is 316 g/mol. The molecule has 0 unspecified atom stereocenters. The first-order valence-corrected chi connectivity index (χ1v) is 6.66. The number of hydrogen-bond acceptors (Lipinski definition) is 3. The zero-order chi connectivity index (χ0) is 16.8. The van der Waals surface area contributed by atoms with E-state index in [2.05, 4.69) is 16.0 Å². The standard InChI is InChI=1S/C17H14F2N2O2/c1-3-10-21(14-8-9-15(18)16(19)11-14)13-6-4-12(5-7-13)20-17(22)23-2/h1,4-9,11H,10H2,2H3,(H,20,22). The maximum atomic E-state index is 13.4. The Kier molecular flexibility index (Phi) is 5.15. The number of carbonyl (C=O) groups is 1. The van der Waals surface area contributed by atoms with Gasteiger partial charge in [-0.2, -0.15) is 0 Å². The van der Waals surface area contributed by atoms with Gasteiger partial charge in [-0.25, -0.2) is 13.6 Å². The molecule has 0 radical (unpaired) electrons. The largest absolute Gasteiger partial charge is 0.453 e. The van der Waals surface area contributed by atoms with E-state index in [4.69, 9.17) is 6.42 Å². The Morgan fingerprint density at radius 2 is 1.83 bits per heavy atom. The summed E-state index contributed by atoms with van der Waals surface area (Å²) in [6.45, 7) is 0.175. The van der Waals surface area contributed by atoms with Gasteiger partial charge in [-0.15, -0.1) is 6.42 Å². The number of carbonyl (C=O) groups excluding carboxylic acids is 1. The van der Waals surface area contributed by atoms with Crippen molar-refractivity contribution in [1.29, 1.82) is 0 Å².